The van der Waals surface area contributed by atoms with Gasteiger partial charge in [-0.25, -0.2) is 9.37 Å². The molecule has 0 unspecified atom stereocenters. The summed E-state index contributed by atoms with van der Waals surface area (Å²) in [7, 11) is 1.80. The SMILES string of the molecule is CNc1cc(/C(N)=C/C(=C\N)c2cc(NCCC3(C)CC3)c(F)cc2C)ccn1. The van der Waals surface area contributed by atoms with Crippen LogP contribution in [-0.2, 0) is 0 Å². The molecule has 29 heavy (non-hydrogen) atoms. The van der Waals surface area contributed by atoms with Crippen LogP contribution < -0.4 is 22.1 Å². The summed E-state index contributed by atoms with van der Waals surface area (Å²) in [5, 5.41) is 6.24. The smallest absolute Gasteiger partial charge is 0.146 e. The van der Waals surface area contributed by atoms with Crippen molar-refractivity contribution in [3.63, 3.8) is 0 Å². The fourth-order valence-electron chi connectivity index (χ4n) is 3.29. The van der Waals surface area contributed by atoms with Crippen LogP contribution in [0.5, 0.6) is 0 Å². The maximum absolute atomic E-state index is 14.5. The lowest BCUT2D eigenvalue weighted by Gasteiger charge is -2.15. The number of aromatic nitrogens is 1. The predicted octanol–water partition coefficient (Wildman–Crippen LogP) is 4.47. The lowest BCUT2D eigenvalue weighted by molar-refractivity contribution is 0.534. The summed E-state index contributed by atoms with van der Waals surface area (Å²) in [6.45, 7) is 4.89. The van der Waals surface area contributed by atoms with Gasteiger partial charge in [0.05, 0.1) is 5.69 Å². The number of allylic oxidation sites excluding steroid dienone is 2. The van der Waals surface area contributed by atoms with E-state index in [1.807, 2.05) is 31.2 Å². The van der Waals surface area contributed by atoms with E-state index in [0.717, 1.165) is 41.0 Å². The van der Waals surface area contributed by atoms with Gasteiger partial charge in [-0.05, 0) is 78.6 Å². The van der Waals surface area contributed by atoms with Gasteiger partial charge in [0.1, 0.15) is 11.6 Å². The minimum absolute atomic E-state index is 0.256. The van der Waals surface area contributed by atoms with Crippen LogP contribution in [-0.4, -0.2) is 18.6 Å². The van der Waals surface area contributed by atoms with E-state index in [0.29, 0.717) is 16.8 Å². The minimum atomic E-state index is -0.256. The van der Waals surface area contributed by atoms with Crippen LogP contribution in [0.3, 0.4) is 0 Å². The number of nitrogens with zero attached hydrogens (tertiary/aromatic N) is 1. The molecule has 1 saturated carbocycles. The van der Waals surface area contributed by atoms with Gasteiger partial charge in [-0.2, -0.15) is 0 Å². The summed E-state index contributed by atoms with van der Waals surface area (Å²) in [6, 6.07) is 7.05. The van der Waals surface area contributed by atoms with Gasteiger partial charge in [0.2, 0.25) is 0 Å². The summed E-state index contributed by atoms with van der Waals surface area (Å²) in [4.78, 5) is 4.20. The standard InChI is InChI=1S/C23H30FN5/c1-15-10-19(24)21(28-9-7-23(2)5-6-23)13-18(15)17(14-25)11-20(26)16-4-8-29-22(12-16)27-3/h4,8,10-14,28H,5-7,9,25-26H2,1-3H3,(H,27,29)/b17-14+,20-11-. The van der Waals surface area contributed by atoms with Gasteiger partial charge in [0, 0.05) is 37.2 Å². The van der Waals surface area contributed by atoms with Crippen LogP contribution in [0.2, 0.25) is 0 Å². The minimum Gasteiger partial charge on any atom is -0.404 e. The number of benzene rings is 1. The number of anilines is 2. The number of rotatable bonds is 8. The van der Waals surface area contributed by atoms with Crippen molar-refractivity contribution in [3.8, 4) is 0 Å². The molecule has 1 aliphatic carbocycles. The highest BCUT2D eigenvalue weighted by Crippen LogP contribution is 2.47. The molecule has 5 nitrogen and oxygen atoms in total. The Morgan fingerprint density at radius 3 is 2.72 bits per heavy atom. The summed E-state index contributed by atoms with van der Waals surface area (Å²) in [6.07, 6.45) is 8.55. The molecule has 0 saturated heterocycles. The third-order valence-electron chi connectivity index (χ3n) is 5.61. The van der Waals surface area contributed by atoms with Crippen molar-refractivity contribution in [2.24, 2.45) is 16.9 Å². The summed E-state index contributed by atoms with van der Waals surface area (Å²) < 4.78 is 14.5. The van der Waals surface area contributed by atoms with E-state index in [1.165, 1.54) is 25.1 Å². The molecule has 0 bridgehead atoms. The number of halogens is 1. The number of hydrogen-bond donors (Lipinski definition) is 4. The summed E-state index contributed by atoms with van der Waals surface area (Å²) >= 11 is 0. The van der Waals surface area contributed by atoms with Crippen LogP contribution in [0, 0.1) is 18.2 Å². The van der Waals surface area contributed by atoms with Gasteiger partial charge in [0.25, 0.3) is 0 Å². The van der Waals surface area contributed by atoms with E-state index >= 15 is 0 Å². The van der Waals surface area contributed by atoms with Crippen molar-refractivity contribution in [1.82, 2.24) is 4.98 Å². The number of nitrogens with two attached hydrogens (primary N) is 2. The highest BCUT2D eigenvalue weighted by atomic mass is 19.1. The number of pyridine rings is 1. The van der Waals surface area contributed by atoms with Gasteiger partial charge in [-0.15, -0.1) is 0 Å². The van der Waals surface area contributed by atoms with Crippen LogP contribution in [0.1, 0.15) is 42.9 Å². The quantitative estimate of drug-likeness (QED) is 0.495. The highest BCUT2D eigenvalue weighted by molar-refractivity contribution is 5.85. The lowest BCUT2D eigenvalue weighted by atomic mass is 9.98. The molecule has 6 N–H and O–H groups in total. The Morgan fingerprint density at radius 2 is 2.07 bits per heavy atom. The van der Waals surface area contributed by atoms with Crippen molar-refractivity contribution in [2.75, 3.05) is 24.2 Å². The van der Waals surface area contributed by atoms with Crippen LogP contribution in [0.15, 0.2) is 42.7 Å². The second kappa shape index (κ2) is 8.55. The van der Waals surface area contributed by atoms with Crippen molar-refractivity contribution >= 4 is 22.8 Å². The Balaban J connectivity index is 1.84. The molecule has 0 spiro atoms. The first-order chi connectivity index (χ1) is 13.8. The second-order valence-electron chi connectivity index (χ2n) is 8.04. The normalized spacial score (nSPS) is 15.9. The molecule has 1 fully saturated rings. The Kier molecular flexibility index (Phi) is 6.11. The van der Waals surface area contributed by atoms with Gasteiger partial charge in [0.15, 0.2) is 0 Å². The van der Waals surface area contributed by atoms with Crippen molar-refractivity contribution in [2.45, 2.75) is 33.1 Å². The molecule has 1 aromatic carbocycles. The zero-order valence-electron chi connectivity index (χ0n) is 17.3. The monoisotopic (exact) mass is 395 g/mol. The fourth-order valence-corrected chi connectivity index (χ4v) is 3.29. The molecule has 3 rings (SSSR count). The number of aryl methyl sites for hydroxylation is 1. The largest absolute Gasteiger partial charge is 0.404 e. The fraction of sp³-hybridized carbons (Fsp3) is 0.348. The average Bonchev–Trinajstić information content (AvgIpc) is 3.45. The third kappa shape index (κ3) is 5.08. The van der Waals surface area contributed by atoms with E-state index < -0.39 is 0 Å². The molecular weight excluding hydrogens is 365 g/mol. The van der Waals surface area contributed by atoms with E-state index in [2.05, 4.69) is 22.5 Å². The van der Waals surface area contributed by atoms with E-state index in [9.17, 15) is 4.39 Å². The maximum Gasteiger partial charge on any atom is 0.146 e. The summed E-state index contributed by atoms with van der Waals surface area (Å²) in [5.74, 6) is 0.472. The van der Waals surface area contributed by atoms with Gasteiger partial charge in [-0.3, -0.25) is 0 Å². The molecule has 0 atom stereocenters. The van der Waals surface area contributed by atoms with Crippen molar-refractivity contribution < 1.29 is 4.39 Å². The van der Waals surface area contributed by atoms with Gasteiger partial charge in [-0.1, -0.05) is 6.92 Å². The van der Waals surface area contributed by atoms with Crippen LogP contribution in [0.4, 0.5) is 15.9 Å². The zero-order valence-corrected chi connectivity index (χ0v) is 17.3. The maximum atomic E-state index is 14.5. The molecule has 0 amide bonds. The molecule has 1 aliphatic rings. The molecule has 6 heteroatoms. The molecule has 0 radical (unpaired) electrons. The molecule has 2 aromatic rings. The first-order valence-electron chi connectivity index (χ1n) is 9.93. The number of nitrogens with one attached hydrogen (secondary N) is 2. The first-order valence-corrected chi connectivity index (χ1v) is 9.93. The van der Waals surface area contributed by atoms with Gasteiger partial charge < -0.3 is 22.1 Å². The van der Waals surface area contributed by atoms with Gasteiger partial charge >= 0.3 is 0 Å². The van der Waals surface area contributed by atoms with Crippen molar-refractivity contribution in [1.29, 1.82) is 0 Å². The molecule has 154 valence electrons. The first kappa shape index (κ1) is 20.7. The zero-order chi connectivity index (χ0) is 21.0. The van der Waals surface area contributed by atoms with Crippen molar-refractivity contribution in [3.05, 3.63) is 65.2 Å². The molecule has 1 heterocycles. The lowest BCUT2D eigenvalue weighted by Crippen LogP contribution is -2.09. The summed E-state index contributed by atoms with van der Waals surface area (Å²) in [5.41, 5.74) is 16.9. The van der Waals surface area contributed by atoms with E-state index in [-0.39, 0.29) is 5.82 Å². The third-order valence-corrected chi connectivity index (χ3v) is 5.61. The molecular formula is C23H30FN5. The van der Waals surface area contributed by atoms with E-state index in [4.69, 9.17) is 11.5 Å². The average molecular weight is 396 g/mol. The Bertz CT molecular complexity index is 944. The topological polar surface area (TPSA) is 89.0 Å². The molecule has 1 aromatic heterocycles. The van der Waals surface area contributed by atoms with Crippen LogP contribution >= 0.6 is 0 Å². The van der Waals surface area contributed by atoms with E-state index in [1.54, 1.807) is 13.2 Å². The molecule has 0 aliphatic heterocycles. The van der Waals surface area contributed by atoms with Crippen LogP contribution in [0.25, 0.3) is 11.3 Å². The Morgan fingerprint density at radius 1 is 1.31 bits per heavy atom. The highest BCUT2D eigenvalue weighted by Gasteiger charge is 2.36. The Labute approximate surface area is 172 Å². The predicted molar refractivity (Wildman–Crippen MR) is 120 cm³/mol. The Hall–Kier alpha value is -3.02. The number of hydrogen-bond acceptors (Lipinski definition) is 5. The second-order valence-corrected chi connectivity index (χ2v) is 8.04.